The van der Waals surface area contributed by atoms with E-state index in [1.165, 1.54) is 0 Å². The quantitative estimate of drug-likeness (QED) is 0.616. The molecule has 2 rings (SSSR count). The van der Waals surface area contributed by atoms with Gasteiger partial charge in [-0.15, -0.1) is 11.8 Å². The second kappa shape index (κ2) is 9.00. The Morgan fingerprint density at radius 2 is 1.74 bits per heavy atom. The first-order valence-electron chi connectivity index (χ1n) is 7.44. The summed E-state index contributed by atoms with van der Waals surface area (Å²) in [5.74, 6) is 0.318. The minimum absolute atomic E-state index is 0.0442. The molecule has 2 aromatic carbocycles. The van der Waals surface area contributed by atoms with Gasteiger partial charge in [0.15, 0.2) is 0 Å². The summed E-state index contributed by atoms with van der Waals surface area (Å²) in [6, 6.07) is 16.7. The van der Waals surface area contributed by atoms with Gasteiger partial charge in [-0.05, 0) is 43.3 Å². The SMILES string of the molecule is CCOC(=O)c1ccc(NC(=O)CCSc2ccccc2)cc1. The maximum absolute atomic E-state index is 11.9. The monoisotopic (exact) mass is 329 g/mol. The van der Waals surface area contributed by atoms with E-state index in [9.17, 15) is 9.59 Å². The number of carbonyl (C=O) groups is 2. The molecule has 0 saturated carbocycles. The molecule has 2 aromatic rings. The van der Waals surface area contributed by atoms with Crippen LogP contribution in [-0.2, 0) is 9.53 Å². The summed E-state index contributed by atoms with van der Waals surface area (Å²) in [6.45, 7) is 2.11. The van der Waals surface area contributed by atoms with E-state index in [0.717, 1.165) is 10.6 Å². The van der Waals surface area contributed by atoms with Gasteiger partial charge in [0.05, 0.1) is 12.2 Å². The van der Waals surface area contributed by atoms with Crippen molar-refractivity contribution >= 4 is 29.3 Å². The number of anilines is 1. The van der Waals surface area contributed by atoms with Crippen LogP contribution in [-0.4, -0.2) is 24.2 Å². The lowest BCUT2D eigenvalue weighted by Crippen LogP contribution is -2.12. The number of ether oxygens (including phenoxy) is 1. The van der Waals surface area contributed by atoms with Crippen molar-refractivity contribution in [2.45, 2.75) is 18.2 Å². The first-order valence-corrected chi connectivity index (χ1v) is 8.42. The second-order valence-electron chi connectivity index (χ2n) is 4.76. The van der Waals surface area contributed by atoms with Crippen molar-refractivity contribution in [3.05, 3.63) is 60.2 Å². The molecule has 1 N–H and O–H groups in total. The number of amides is 1. The first-order chi connectivity index (χ1) is 11.2. The van der Waals surface area contributed by atoms with Crippen molar-refractivity contribution in [3.8, 4) is 0 Å². The molecule has 0 unspecified atom stereocenters. The predicted molar refractivity (Wildman–Crippen MR) is 92.8 cm³/mol. The van der Waals surface area contributed by atoms with Gasteiger partial charge in [-0.3, -0.25) is 4.79 Å². The minimum Gasteiger partial charge on any atom is -0.462 e. The molecule has 0 aliphatic rings. The van der Waals surface area contributed by atoms with E-state index in [1.54, 1.807) is 43.0 Å². The fraction of sp³-hybridized carbons (Fsp3) is 0.222. The highest BCUT2D eigenvalue weighted by atomic mass is 32.2. The molecule has 1 amide bonds. The average molecular weight is 329 g/mol. The van der Waals surface area contributed by atoms with Crippen molar-refractivity contribution in [1.82, 2.24) is 0 Å². The Bertz CT molecular complexity index is 641. The van der Waals surface area contributed by atoms with Gasteiger partial charge in [-0.2, -0.15) is 0 Å². The summed E-state index contributed by atoms with van der Waals surface area (Å²) in [4.78, 5) is 24.6. The third-order valence-electron chi connectivity index (χ3n) is 3.02. The molecule has 0 saturated heterocycles. The lowest BCUT2D eigenvalue weighted by molar-refractivity contribution is -0.115. The van der Waals surface area contributed by atoms with Crippen LogP contribution in [0.1, 0.15) is 23.7 Å². The zero-order valence-corrected chi connectivity index (χ0v) is 13.8. The molecule has 0 aliphatic carbocycles. The maximum atomic E-state index is 11.9. The van der Waals surface area contributed by atoms with Gasteiger partial charge in [0.1, 0.15) is 0 Å². The molecule has 0 aromatic heterocycles. The van der Waals surface area contributed by atoms with Crippen LogP contribution in [0, 0.1) is 0 Å². The van der Waals surface area contributed by atoms with E-state index in [0.29, 0.717) is 24.3 Å². The molecule has 4 nitrogen and oxygen atoms in total. The molecule has 0 heterocycles. The van der Waals surface area contributed by atoms with Gasteiger partial charge in [-0.25, -0.2) is 4.79 Å². The van der Waals surface area contributed by atoms with Crippen molar-refractivity contribution < 1.29 is 14.3 Å². The molecular weight excluding hydrogens is 310 g/mol. The molecule has 120 valence electrons. The Morgan fingerprint density at radius 1 is 1.04 bits per heavy atom. The van der Waals surface area contributed by atoms with Gasteiger partial charge >= 0.3 is 5.97 Å². The Labute approximate surface area is 140 Å². The Morgan fingerprint density at radius 3 is 2.39 bits per heavy atom. The van der Waals surface area contributed by atoms with Gasteiger partial charge < -0.3 is 10.1 Å². The van der Waals surface area contributed by atoms with E-state index < -0.39 is 0 Å². The molecular formula is C18H19NO3S. The number of hydrogen-bond acceptors (Lipinski definition) is 4. The highest BCUT2D eigenvalue weighted by molar-refractivity contribution is 7.99. The van der Waals surface area contributed by atoms with Crippen LogP contribution in [0.2, 0.25) is 0 Å². The van der Waals surface area contributed by atoms with Crippen LogP contribution in [0.15, 0.2) is 59.5 Å². The maximum Gasteiger partial charge on any atom is 0.338 e. The number of nitrogens with one attached hydrogen (secondary N) is 1. The normalized spacial score (nSPS) is 10.1. The fourth-order valence-electron chi connectivity index (χ4n) is 1.91. The van der Waals surface area contributed by atoms with Crippen molar-refractivity contribution in [2.75, 3.05) is 17.7 Å². The van der Waals surface area contributed by atoms with Crippen LogP contribution < -0.4 is 5.32 Å². The standard InChI is InChI=1S/C18H19NO3S/c1-2-22-18(21)14-8-10-15(11-9-14)19-17(20)12-13-23-16-6-4-3-5-7-16/h3-11H,2,12-13H2,1H3,(H,19,20). The van der Waals surface area contributed by atoms with E-state index in [2.05, 4.69) is 5.32 Å². The molecule has 0 spiro atoms. The summed E-state index contributed by atoms with van der Waals surface area (Å²) < 4.78 is 4.92. The van der Waals surface area contributed by atoms with Crippen molar-refractivity contribution in [2.24, 2.45) is 0 Å². The van der Waals surface area contributed by atoms with Crippen molar-refractivity contribution in [3.63, 3.8) is 0 Å². The van der Waals surface area contributed by atoms with Gasteiger partial charge in [0.2, 0.25) is 5.91 Å². The third kappa shape index (κ3) is 5.79. The van der Waals surface area contributed by atoms with Crippen molar-refractivity contribution in [1.29, 1.82) is 0 Å². The van der Waals surface area contributed by atoms with E-state index in [4.69, 9.17) is 4.74 Å². The number of esters is 1. The van der Waals surface area contributed by atoms with Gasteiger partial charge in [-0.1, -0.05) is 18.2 Å². The topological polar surface area (TPSA) is 55.4 Å². The minimum atomic E-state index is -0.357. The van der Waals surface area contributed by atoms with Crippen LogP contribution in [0.25, 0.3) is 0 Å². The van der Waals surface area contributed by atoms with Crippen LogP contribution in [0.3, 0.4) is 0 Å². The van der Waals surface area contributed by atoms with Crippen LogP contribution >= 0.6 is 11.8 Å². The number of benzene rings is 2. The van der Waals surface area contributed by atoms with Gasteiger partial charge in [0, 0.05) is 22.8 Å². The Hall–Kier alpha value is -2.27. The predicted octanol–water partition coefficient (Wildman–Crippen LogP) is 3.98. The summed E-state index contributed by atoms with van der Waals surface area (Å²) in [6.07, 6.45) is 0.430. The fourth-order valence-corrected chi connectivity index (χ4v) is 2.78. The van der Waals surface area contributed by atoms with E-state index in [1.807, 2.05) is 30.3 Å². The molecule has 5 heteroatoms. The lowest BCUT2D eigenvalue weighted by Gasteiger charge is -2.06. The summed E-state index contributed by atoms with van der Waals surface area (Å²) in [5.41, 5.74) is 1.15. The molecule has 0 radical (unpaired) electrons. The van der Waals surface area contributed by atoms with E-state index >= 15 is 0 Å². The highest BCUT2D eigenvalue weighted by Crippen LogP contribution is 2.18. The number of thioether (sulfide) groups is 1. The zero-order chi connectivity index (χ0) is 16.5. The smallest absolute Gasteiger partial charge is 0.338 e. The number of carbonyl (C=O) groups excluding carboxylic acids is 2. The third-order valence-corrected chi connectivity index (χ3v) is 4.03. The summed E-state index contributed by atoms with van der Waals surface area (Å²) in [7, 11) is 0. The molecule has 0 aliphatic heterocycles. The largest absolute Gasteiger partial charge is 0.462 e. The molecule has 0 atom stereocenters. The molecule has 0 bridgehead atoms. The number of rotatable bonds is 7. The van der Waals surface area contributed by atoms with Crippen LogP contribution in [0.4, 0.5) is 5.69 Å². The lowest BCUT2D eigenvalue weighted by atomic mass is 10.2. The molecule has 0 fully saturated rings. The first kappa shape index (κ1) is 17.1. The second-order valence-corrected chi connectivity index (χ2v) is 5.93. The number of hydrogen-bond donors (Lipinski definition) is 1. The Kier molecular flexibility index (Phi) is 6.69. The summed E-state index contributed by atoms with van der Waals surface area (Å²) >= 11 is 1.65. The highest BCUT2D eigenvalue weighted by Gasteiger charge is 2.07. The summed E-state index contributed by atoms with van der Waals surface area (Å²) in [5, 5.41) is 2.82. The zero-order valence-electron chi connectivity index (χ0n) is 13.0. The van der Waals surface area contributed by atoms with Crippen LogP contribution in [0.5, 0.6) is 0 Å². The van der Waals surface area contributed by atoms with E-state index in [-0.39, 0.29) is 11.9 Å². The molecule has 23 heavy (non-hydrogen) atoms. The Balaban J connectivity index is 1.77. The average Bonchev–Trinajstić information content (AvgIpc) is 2.57. The van der Waals surface area contributed by atoms with Gasteiger partial charge in [0.25, 0.3) is 0 Å².